The first kappa shape index (κ1) is 19.1. The van der Waals surface area contributed by atoms with Gasteiger partial charge in [0.05, 0.1) is 17.8 Å². The Morgan fingerprint density at radius 1 is 1.20 bits per heavy atom. The van der Waals surface area contributed by atoms with Gasteiger partial charge in [-0.3, -0.25) is 19.0 Å². The molecule has 0 unspecified atom stereocenters. The highest BCUT2D eigenvalue weighted by Gasteiger charge is 2.37. The van der Waals surface area contributed by atoms with E-state index < -0.39 is 0 Å². The first-order valence-corrected chi connectivity index (χ1v) is 10.6. The van der Waals surface area contributed by atoms with Crippen LogP contribution in [0, 0.1) is 6.92 Å². The van der Waals surface area contributed by atoms with Crippen LogP contribution in [0.4, 0.5) is 0 Å². The SMILES string of the molecule is Cc1ccn(-c2cccc3c2CCC3)c(=O)c1C(=O)N1CC[C@H]2OCC(=O)N[C@H]2C1. The highest BCUT2D eigenvalue weighted by Crippen LogP contribution is 2.27. The van der Waals surface area contributed by atoms with Crippen molar-refractivity contribution in [1.29, 1.82) is 0 Å². The van der Waals surface area contributed by atoms with Crippen molar-refractivity contribution in [3.63, 3.8) is 0 Å². The lowest BCUT2D eigenvalue weighted by Crippen LogP contribution is -2.61. The molecule has 2 saturated heterocycles. The Hall–Kier alpha value is -2.93. The quantitative estimate of drug-likeness (QED) is 0.815. The van der Waals surface area contributed by atoms with Crippen LogP contribution in [-0.4, -0.2) is 53.1 Å². The van der Waals surface area contributed by atoms with E-state index in [0.29, 0.717) is 25.1 Å². The van der Waals surface area contributed by atoms with Crippen molar-refractivity contribution in [1.82, 2.24) is 14.8 Å². The lowest BCUT2D eigenvalue weighted by Gasteiger charge is -2.41. The van der Waals surface area contributed by atoms with Gasteiger partial charge < -0.3 is 15.0 Å². The van der Waals surface area contributed by atoms with E-state index in [4.69, 9.17) is 4.74 Å². The maximum absolute atomic E-state index is 13.4. The first-order valence-electron chi connectivity index (χ1n) is 10.6. The zero-order chi connectivity index (χ0) is 20.8. The van der Waals surface area contributed by atoms with E-state index >= 15 is 0 Å². The van der Waals surface area contributed by atoms with Crippen molar-refractivity contribution in [2.75, 3.05) is 19.7 Å². The number of carbonyl (C=O) groups is 2. The number of fused-ring (bicyclic) bond motifs is 2. The summed E-state index contributed by atoms with van der Waals surface area (Å²) >= 11 is 0. The molecule has 3 heterocycles. The monoisotopic (exact) mass is 407 g/mol. The van der Waals surface area contributed by atoms with Crippen LogP contribution in [0.2, 0.25) is 0 Å². The van der Waals surface area contributed by atoms with Crippen molar-refractivity contribution in [2.24, 2.45) is 0 Å². The Morgan fingerprint density at radius 2 is 2.07 bits per heavy atom. The second kappa shape index (κ2) is 7.40. The molecule has 0 radical (unpaired) electrons. The Balaban J connectivity index is 1.49. The van der Waals surface area contributed by atoms with Gasteiger partial charge >= 0.3 is 0 Å². The molecular formula is C23H25N3O4. The molecule has 5 rings (SSSR count). The van der Waals surface area contributed by atoms with Gasteiger partial charge in [-0.05, 0) is 61.4 Å². The molecule has 3 aliphatic rings. The van der Waals surface area contributed by atoms with Crippen LogP contribution in [0.15, 0.2) is 35.3 Å². The molecule has 30 heavy (non-hydrogen) atoms. The van der Waals surface area contributed by atoms with Gasteiger partial charge in [0, 0.05) is 19.3 Å². The van der Waals surface area contributed by atoms with Crippen LogP contribution in [0.25, 0.3) is 5.69 Å². The van der Waals surface area contributed by atoms with Crippen LogP contribution >= 0.6 is 0 Å². The van der Waals surface area contributed by atoms with Gasteiger partial charge in [-0.15, -0.1) is 0 Å². The van der Waals surface area contributed by atoms with Crippen molar-refractivity contribution < 1.29 is 14.3 Å². The molecule has 2 atom stereocenters. The number of ether oxygens (including phenoxy) is 1. The predicted octanol–water partition coefficient (Wildman–Crippen LogP) is 1.36. The highest BCUT2D eigenvalue weighted by molar-refractivity contribution is 5.95. The van der Waals surface area contributed by atoms with E-state index in [1.165, 1.54) is 11.1 Å². The van der Waals surface area contributed by atoms with Crippen LogP contribution in [0.1, 0.15) is 39.9 Å². The van der Waals surface area contributed by atoms with Gasteiger partial charge in [-0.1, -0.05) is 12.1 Å². The van der Waals surface area contributed by atoms with Crippen molar-refractivity contribution >= 4 is 11.8 Å². The highest BCUT2D eigenvalue weighted by atomic mass is 16.5. The Labute approximate surface area is 174 Å². The summed E-state index contributed by atoms with van der Waals surface area (Å²) in [6.07, 6.45) is 5.39. The topological polar surface area (TPSA) is 80.6 Å². The molecule has 2 amide bonds. The number of pyridine rings is 1. The molecule has 1 aliphatic carbocycles. The van der Waals surface area contributed by atoms with Crippen LogP contribution in [-0.2, 0) is 22.4 Å². The molecular weight excluding hydrogens is 382 g/mol. The number of piperidine rings is 1. The fourth-order valence-corrected chi connectivity index (χ4v) is 4.94. The van der Waals surface area contributed by atoms with Gasteiger partial charge in [0.2, 0.25) is 5.91 Å². The molecule has 1 aromatic heterocycles. The van der Waals surface area contributed by atoms with Gasteiger partial charge in [0.1, 0.15) is 12.2 Å². The number of amides is 2. The summed E-state index contributed by atoms with van der Waals surface area (Å²) in [4.78, 5) is 40.1. The van der Waals surface area contributed by atoms with E-state index in [-0.39, 0.29) is 41.7 Å². The number of likely N-dealkylation sites (tertiary alicyclic amines) is 1. The molecule has 2 aromatic rings. The molecule has 2 fully saturated rings. The van der Waals surface area contributed by atoms with E-state index in [9.17, 15) is 14.4 Å². The van der Waals surface area contributed by atoms with E-state index in [1.807, 2.05) is 18.2 Å². The summed E-state index contributed by atoms with van der Waals surface area (Å²) in [6.45, 7) is 2.72. The third-order valence-electron chi connectivity index (χ3n) is 6.51. The number of carbonyl (C=O) groups excluding carboxylic acids is 2. The first-order chi connectivity index (χ1) is 14.5. The smallest absolute Gasteiger partial charge is 0.268 e. The summed E-state index contributed by atoms with van der Waals surface area (Å²) in [5.74, 6) is -0.445. The summed E-state index contributed by atoms with van der Waals surface area (Å²) in [7, 11) is 0. The largest absolute Gasteiger partial charge is 0.366 e. The van der Waals surface area contributed by atoms with E-state index in [2.05, 4.69) is 11.4 Å². The van der Waals surface area contributed by atoms with Crippen molar-refractivity contribution in [3.05, 3.63) is 63.1 Å². The fourth-order valence-electron chi connectivity index (χ4n) is 4.94. The molecule has 2 aliphatic heterocycles. The maximum atomic E-state index is 13.4. The number of aryl methyl sites for hydroxylation is 2. The Morgan fingerprint density at radius 3 is 2.93 bits per heavy atom. The average molecular weight is 407 g/mol. The number of rotatable bonds is 2. The number of aromatic nitrogens is 1. The zero-order valence-corrected chi connectivity index (χ0v) is 17.0. The minimum absolute atomic E-state index is 0.0685. The van der Waals surface area contributed by atoms with Crippen LogP contribution in [0.5, 0.6) is 0 Å². The summed E-state index contributed by atoms with van der Waals surface area (Å²) in [5.41, 5.74) is 3.93. The standard InChI is InChI=1S/C23H25N3O4/c1-14-8-11-26(18-7-3-5-15-4-2-6-16(15)18)23(29)21(14)22(28)25-10-9-19-17(12-25)24-20(27)13-30-19/h3,5,7-8,11,17,19H,2,4,6,9-10,12-13H2,1H3,(H,24,27)/t17-,19+/m0/s1. The minimum Gasteiger partial charge on any atom is -0.366 e. The second-order valence-corrected chi connectivity index (χ2v) is 8.38. The summed E-state index contributed by atoms with van der Waals surface area (Å²) < 4.78 is 7.19. The number of hydrogen-bond acceptors (Lipinski definition) is 4. The van der Waals surface area contributed by atoms with E-state index in [0.717, 1.165) is 24.9 Å². The van der Waals surface area contributed by atoms with Gasteiger partial charge in [-0.2, -0.15) is 0 Å². The number of nitrogens with zero attached hydrogens (tertiary/aromatic N) is 2. The molecule has 156 valence electrons. The average Bonchev–Trinajstić information content (AvgIpc) is 3.22. The third kappa shape index (κ3) is 3.13. The zero-order valence-electron chi connectivity index (χ0n) is 17.0. The summed E-state index contributed by atoms with van der Waals surface area (Å²) in [6, 6.07) is 7.65. The molecule has 1 aromatic carbocycles. The maximum Gasteiger partial charge on any atom is 0.268 e. The normalized spacial score (nSPS) is 23.0. The molecule has 0 saturated carbocycles. The Kier molecular flexibility index (Phi) is 4.70. The number of hydrogen-bond donors (Lipinski definition) is 1. The molecule has 1 N–H and O–H groups in total. The van der Waals surface area contributed by atoms with E-state index in [1.54, 1.807) is 22.6 Å². The van der Waals surface area contributed by atoms with Crippen LogP contribution < -0.4 is 10.9 Å². The lowest BCUT2D eigenvalue weighted by molar-refractivity contribution is -0.139. The van der Waals surface area contributed by atoms with Crippen molar-refractivity contribution in [2.45, 2.75) is 44.8 Å². The number of benzene rings is 1. The molecule has 0 bridgehead atoms. The summed E-state index contributed by atoms with van der Waals surface area (Å²) in [5, 5.41) is 2.91. The van der Waals surface area contributed by atoms with Crippen molar-refractivity contribution in [3.8, 4) is 5.69 Å². The fraction of sp³-hybridized carbons (Fsp3) is 0.435. The van der Waals surface area contributed by atoms with Gasteiger partial charge in [-0.25, -0.2) is 0 Å². The Bertz CT molecular complexity index is 1090. The van der Waals surface area contributed by atoms with Gasteiger partial charge in [0.15, 0.2) is 0 Å². The minimum atomic E-state index is -0.286. The lowest BCUT2D eigenvalue weighted by atomic mass is 9.99. The van der Waals surface area contributed by atoms with Crippen LogP contribution in [0.3, 0.4) is 0 Å². The number of morpholine rings is 1. The van der Waals surface area contributed by atoms with Gasteiger partial charge in [0.25, 0.3) is 11.5 Å². The molecule has 0 spiro atoms. The second-order valence-electron chi connectivity index (χ2n) is 8.38. The number of nitrogens with one attached hydrogen (secondary N) is 1. The predicted molar refractivity (Wildman–Crippen MR) is 111 cm³/mol. The third-order valence-corrected chi connectivity index (χ3v) is 6.51. The molecule has 7 heteroatoms. The molecule has 7 nitrogen and oxygen atoms in total.